The Kier molecular flexibility index (Phi) is 4.89. The summed E-state index contributed by atoms with van der Waals surface area (Å²) in [5, 5.41) is 19.9. The van der Waals surface area contributed by atoms with Gasteiger partial charge in [-0.25, -0.2) is 4.79 Å². The topological polar surface area (TPSA) is 102 Å². The maximum absolute atomic E-state index is 12.0. The van der Waals surface area contributed by atoms with Crippen molar-refractivity contribution in [1.82, 2.24) is 19.6 Å². The molecule has 2 aromatic heterocycles. The molecule has 128 valence electrons. The number of aromatic nitrogens is 4. The fourth-order valence-electron chi connectivity index (χ4n) is 2.41. The Labute approximate surface area is 143 Å². The van der Waals surface area contributed by atoms with Crippen molar-refractivity contribution in [2.24, 2.45) is 0 Å². The minimum absolute atomic E-state index is 0.0588. The number of anilines is 1. The standard InChI is InChI=1S/C17H17N5O3/c23-16(7-9-22-15(17(24)25)6-8-18-22)20-14-10-19-21(12-14)11-13-4-2-1-3-5-13/h1-6,8,10,12H,7,9,11H2,(H,20,23)(H,24,25). The molecule has 0 bridgehead atoms. The van der Waals surface area contributed by atoms with Gasteiger partial charge in [0.15, 0.2) is 0 Å². The van der Waals surface area contributed by atoms with Gasteiger partial charge >= 0.3 is 5.97 Å². The highest BCUT2D eigenvalue weighted by molar-refractivity contribution is 5.90. The maximum Gasteiger partial charge on any atom is 0.354 e. The quantitative estimate of drug-likeness (QED) is 0.684. The number of amides is 1. The number of hydrogen-bond donors (Lipinski definition) is 2. The summed E-state index contributed by atoms with van der Waals surface area (Å²) in [7, 11) is 0. The lowest BCUT2D eigenvalue weighted by Gasteiger charge is -2.05. The highest BCUT2D eigenvalue weighted by Gasteiger charge is 2.12. The molecule has 0 radical (unpaired) electrons. The maximum atomic E-state index is 12.0. The second kappa shape index (κ2) is 7.43. The highest BCUT2D eigenvalue weighted by Crippen LogP contribution is 2.09. The summed E-state index contributed by atoms with van der Waals surface area (Å²) in [6.07, 6.45) is 4.85. The Bertz CT molecular complexity index is 869. The molecule has 3 aromatic rings. The molecular formula is C17H17N5O3. The number of nitrogens with one attached hydrogen (secondary N) is 1. The van der Waals surface area contributed by atoms with Crippen LogP contribution in [0.5, 0.6) is 0 Å². The van der Waals surface area contributed by atoms with E-state index >= 15 is 0 Å². The Morgan fingerprint density at radius 3 is 2.68 bits per heavy atom. The molecule has 0 saturated carbocycles. The predicted molar refractivity (Wildman–Crippen MR) is 90.2 cm³/mol. The number of aryl methyl sites for hydroxylation is 1. The molecule has 0 spiro atoms. The van der Waals surface area contributed by atoms with Gasteiger partial charge in [-0.1, -0.05) is 30.3 Å². The van der Waals surface area contributed by atoms with Crippen LogP contribution in [-0.4, -0.2) is 36.5 Å². The third-order valence-electron chi connectivity index (χ3n) is 3.59. The monoisotopic (exact) mass is 339 g/mol. The van der Waals surface area contributed by atoms with Gasteiger partial charge in [-0.2, -0.15) is 10.2 Å². The molecule has 2 N–H and O–H groups in total. The zero-order valence-electron chi connectivity index (χ0n) is 13.4. The second-order valence-electron chi connectivity index (χ2n) is 5.46. The fourth-order valence-corrected chi connectivity index (χ4v) is 2.41. The van der Waals surface area contributed by atoms with Crippen LogP contribution in [0.3, 0.4) is 0 Å². The Morgan fingerprint density at radius 1 is 1.12 bits per heavy atom. The van der Waals surface area contributed by atoms with Gasteiger partial charge in [-0.15, -0.1) is 0 Å². The summed E-state index contributed by atoms with van der Waals surface area (Å²) in [6.45, 7) is 0.810. The summed E-state index contributed by atoms with van der Waals surface area (Å²) >= 11 is 0. The van der Waals surface area contributed by atoms with Gasteiger partial charge in [0.2, 0.25) is 5.91 Å². The minimum atomic E-state index is -1.07. The average molecular weight is 339 g/mol. The van der Waals surface area contributed by atoms with E-state index in [1.807, 2.05) is 30.3 Å². The number of aromatic carboxylic acids is 1. The average Bonchev–Trinajstić information content (AvgIpc) is 3.23. The molecule has 0 unspecified atom stereocenters. The predicted octanol–water partition coefficient (Wildman–Crippen LogP) is 1.85. The zero-order valence-corrected chi connectivity index (χ0v) is 13.4. The number of rotatable bonds is 7. The van der Waals surface area contributed by atoms with Gasteiger partial charge in [0.25, 0.3) is 0 Å². The number of carbonyl (C=O) groups is 2. The zero-order chi connectivity index (χ0) is 17.6. The number of carbonyl (C=O) groups excluding carboxylic acids is 1. The highest BCUT2D eigenvalue weighted by atomic mass is 16.4. The summed E-state index contributed by atoms with van der Waals surface area (Å²) in [6, 6.07) is 11.3. The number of carboxylic acid groups (broad SMARTS) is 1. The summed E-state index contributed by atoms with van der Waals surface area (Å²) in [4.78, 5) is 23.0. The van der Waals surface area contributed by atoms with Crippen LogP contribution in [0, 0.1) is 0 Å². The molecule has 1 aromatic carbocycles. The van der Waals surface area contributed by atoms with Gasteiger partial charge in [-0.05, 0) is 11.6 Å². The lowest BCUT2D eigenvalue weighted by atomic mass is 10.2. The lowest BCUT2D eigenvalue weighted by Crippen LogP contribution is -2.17. The largest absolute Gasteiger partial charge is 0.477 e. The number of benzene rings is 1. The first kappa shape index (κ1) is 16.4. The first-order valence-corrected chi connectivity index (χ1v) is 7.73. The van der Waals surface area contributed by atoms with Crippen LogP contribution in [0.2, 0.25) is 0 Å². The van der Waals surface area contributed by atoms with Crippen molar-refractivity contribution in [2.45, 2.75) is 19.5 Å². The van der Waals surface area contributed by atoms with Crippen LogP contribution in [0.1, 0.15) is 22.5 Å². The molecule has 0 aliphatic carbocycles. The van der Waals surface area contributed by atoms with E-state index < -0.39 is 5.97 Å². The summed E-state index contributed by atoms with van der Waals surface area (Å²) < 4.78 is 3.03. The molecule has 0 atom stereocenters. The van der Waals surface area contributed by atoms with E-state index in [1.54, 1.807) is 17.1 Å². The molecule has 0 aliphatic rings. The molecule has 0 fully saturated rings. The smallest absolute Gasteiger partial charge is 0.354 e. The third-order valence-corrected chi connectivity index (χ3v) is 3.59. The van der Waals surface area contributed by atoms with E-state index in [0.29, 0.717) is 12.2 Å². The minimum Gasteiger partial charge on any atom is -0.477 e. The van der Waals surface area contributed by atoms with E-state index in [2.05, 4.69) is 15.5 Å². The second-order valence-corrected chi connectivity index (χ2v) is 5.46. The van der Waals surface area contributed by atoms with E-state index in [-0.39, 0.29) is 24.6 Å². The van der Waals surface area contributed by atoms with Crippen molar-refractivity contribution < 1.29 is 14.7 Å². The van der Waals surface area contributed by atoms with E-state index in [0.717, 1.165) is 5.56 Å². The Morgan fingerprint density at radius 2 is 1.92 bits per heavy atom. The van der Waals surface area contributed by atoms with Crippen LogP contribution in [0.15, 0.2) is 55.0 Å². The number of carboxylic acids is 1. The van der Waals surface area contributed by atoms with Crippen LogP contribution >= 0.6 is 0 Å². The summed E-state index contributed by atoms with van der Waals surface area (Å²) in [5.41, 5.74) is 1.77. The first-order valence-electron chi connectivity index (χ1n) is 7.73. The van der Waals surface area contributed by atoms with Crippen molar-refractivity contribution >= 4 is 17.6 Å². The van der Waals surface area contributed by atoms with Crippen LogP contribution in [0.25, 0.3) is 0 Å². The Hall–Kier alpha value is -3.42. The SMILES string of the molecule is O=C(CCn1nccc1C(=O)O)Nc1cnn(Cc2ccccc2)c1. The van der Waals surface area contributed by atoms with E-state index in [4.69, 9.17) is 5.11 Å². The van der Waals surface area contributed by atoms with Gasteiger partial charge in [-0.3, -0.25) is 14.2 Å². The molecule has 25 heavy (non-hydrogen) atoms. The normalized spacial score (nSPS) is 10.6. The molecule has 1 amide bonds. The van der Waals surface area contributed by atoms with E-state index in [9.17, 15) is 9.59 Å². The van der Waals surface area contributed by atoms with Crippen LogP contribution < -0.4 is 5.32 Å². The summed E-state index contributed by atoms with van der Waals surface area (Å²) in [5.74, 6) is -1.30. The molecule has 2 heterocycles. The van der Waals surface area contributed by atoms with Gasteiger partial charge < -0.3 is 10.4 Å². The first-order chi connectivity index (χ1) is 12.1. The lowest BCUT2D eigenvalue weighted by molar-refractivity contribution is -0.116. The molecule has 0 saturated heterocycles. The van der Waals surface area contributed by atoms with Crippen molar-refractivity contribution in [2.75, 3.05) is 5.32 Å². The van der Waals surface area contributed by atoms with E-state index in [1.165, 1.54) is 16.9 Å². The number of nitrogens with zero attached hydrogens (tertiary/aromatic N) is 4. The van der Waals surface area contributed by atoms with Gasteiger partial charge in [0.05, 0.1) is 25.0 Å². The van der Waals surface area contributed by atoms with Gasteiger partial charge in [0.1, 0.15) is 5.69 Å². The van der Waals surface area contributed by atoms with Crippen molar-refractivity contribution in [1.29, 1.82) is 0 Å². The third kappa shape index (κ3) is 4.31. The van der Waals surface area contributed by atoms with Crippen molar-refractivity contribution in [3.63, 3.8) is 0 Å². The van der Waals surface area contributed by atoms with Crippen LogP contribution in [-0.2, 0) is 17.9 Å². The van der Waals surface area contributed by atoms with Crippen LogP contribution in [0.4, 0.5) is 5.69 Å². The molecule has 0 aliphatic heterocycles. The van der Waals surface area contributed by atoms with Crippen molar-refractivity contribution in [3.05, 3.63) is 66.2 Å². The molecule has 8 nitrogen and oxygen atoms in total. The molecule has 8 heteroatoms. The van der Waals surface area contributed by atoms with Gasteiger partial charge in [0, 0.05) is 18.8 Å². The van der Waals surface area contributed by atoms with Crippen molar-refractivity contribution in [3.8, 4) is 0 Å². The Balaban J connectivity index is 1.53. The number of hydrogen-bond acceptors (Lipinski definition) is 4. The molecular weight excluding hydrogens is 322 g/mol. The molecule has 3 rings (SSSR count). The fraction of sp³-hybridized carbons (Fsp3) is 0.176.